The van der Waals surface area contributed by atoms with Crippen LogP contribution in [-0.4, -0.2) is 20.2 Å². The zero-order valence-electron chi connectivity index (χ0n) is 15.5. The van der Waals surface area contributed by atoms with Gasteiger partial charge < -0.3 is 20.1 Å². The van der Waals surface area contributed by atoms with Gasteiger partial charge in [0.15, 0.2) is 11.4 Å². The third-order valence-electron chi connectivity index (χ3n) is 4.01. The van der Waals surface area contributed by atoms with E-state index in [4.69, 9.17) is 4.74 Å². The highest BCUT2D eigenvalue weighted by atomic mass is 16.6. The normalized spacial score (nSPS) is 11.0. The summed E-state index contributed by atoms with van der Waals surface area (Å²) >= 11 is 0. The zero-order chi connectivity index (χ0) is 21.1. The average Bonchev–Trinajstić information content (AvgIpc) is 2.63. The molecule has 0 spiro atoms. The molecule has 0 fully saturated rings. The highest BCUT2D eigenvalue weighted by Crippen LogP contribution is 2.49. The third kappa shape index (κ3) is 4.08. The van der Waals surface area contributed by atoms with Gasteiger partial charge in [-0.15, -0.1) is 10.2 Å². The molecular formula is C20H17N3O6. The summed E-state index contributed by atoms with van der Waals surface area (Å²) in [5.41, 5.74) is -0.188. The van der Waals surface area contributed by atoms with Crippen molar-refractivity contribution >= 4 is 17.1 Å². The smallest absolute Gasteiger partial charge is 0.317 e. The van der Waals surface area contributed by atoms with Gasteiger partial charge in [0.1, 0.15) is 23.0 Å². The third-order valence-corrected chi connectivity index (χ3v) is 4.01. The van der Waals surface area contributed by atoms with Crippen LogP contribution in [0.5, 0.6) is 28.7 Å². The van der Waals surface area contributed by atoms with E-state index in [0.717, 1.165) is 0 Å². The quantitative estimate of drug-likeness (QED) is 0.295. The number of aromatic hydroxyl groups is 3. The fourth-order valence-corrected chi connectivity index (χ4v) is 2.72. The predicted molar refractivity (Wildman–Crippen MR) is 105 cm³/mol. The number of nitro benzene ring substituents is 1. The number of nitro groups is 1. The van der Waals surface area contributed by atoms with Gasteiger partial charge in [-0.1, -0.05) is 18.2 Å². The Kier molecular flexibility index (Phi) is 5.31. The highest BCUT2D eigenvalue weighted by molar-refractivity contribution is 5.74. The van der Waals surface area contributed by atoms with Crippen LogP contribution in [0.15, 0.2) is 58.8 Å². The predicted octanol–water partition coefficient (Wildman–Crippen LogP) is 5.54. The lowest BCUT2D eigenvalue weighted by atomic mass is 10.1. The van der Waals surface area contributed by atoms with Crippen molar-refractivity contribution in [2.75, 3.05) is 0 Å². The maximum absolute atomic E-state index is 11.6. The number of aryl methyl sites for hydroxylation is 2. The fourth-order valence-electron chi connectivity index (χ4n) is 2.72. The van der Waals surface area contributed by atoms with Crippen LogP contribution >= 0.6 is 0 Å². The molecule has 9 heteroatoms. The minimum atomic E-state index is -0.646. The van der Waals surface area contributed by atoms with Crippen LogP contribution in [0.3, 0.4) is 0 Å². The summed E-state index contributed by atoms with van der Waals surface area (Å²) in [4.78, 5) is 11.0. The van der Waals surface area contributed by atoms with Crippen molar-refractivity contribution in [3.63, 3.8) is 0 Å². The molecule has 0 aliphatic rings. The molecule has 0 aliphatic carbocycles. The van der Waals surface area contributed by atoms with Crippen molar-refractivity contribution in [2.45, 2.75) is 13.8 Å². The molecule has 0 atom stereocenters. The second kappa shape index (κ2) is 7.85. The maximum atomic E-state index is 11.6. The number of hydrogen-bond acceptors (Lipinski definition) is 8. The lowest BCUT2D eigenvalue weighted by Gasteiger charge is -2.11. The van der Waals surface area contributed by atoms with E-state index in [1.807, 2.05) is 0 Å². The molecular weight excluding hydrogens is 378 g/mol. The highest BCUT2D eigenvalue weighted by Gasteiger charge is 2.27. The number of rotatable bonds is 5. The van der Waals surface area contributed by atoms with E-state index >= 15 is 0 Å². The molecule has 0 aromatic heterocycles. The van der Waals surface area contributed by atoms with Gasteiger partial charge in [-0.3, -0.25) is 10.1 Å². The van der Waals surface area contributed by atoms with E-state index in [1.54, 1.807) is 37.3 Å². The first-order chi connectivity index (χ1) is 13.8. The van der Waals surface area contributed by atoms with Crippen molar-refractivity contribution in [3.05, 3.63) is 69.8 Å². The van der Waals surface area contributed by atoms with Crippen molar-refractivity contribution in [2.24, 2.45) is 10.2 Å². The number of phenolic OH excluding ortho intramolecular Hbond substituents is 3. The molecule has 3 aromatic carbocycles. The summed E-state index contributed by atoms with van der Waals surface area (Å²) in [6.45, 7) is 3.12. The largest absolute Gasteiger partial charge is 0.505 e. The average molecular weight is 395 g/mol. The second-order valence-electron chi connectivity index (χ2n) is 6.26. The van der Waals surface area contributed by atoms with Crippen molar-refractivity contribution in [1.29, 1.82) is 0 Å². The Morgan fingerprint density at radius 1 is 0.897 bits per heavy atom. The molecule has 0 saturated heterocycles. The van der Waals surface area contributed by atoms with Crippen LogP contribution in [0.1, 0.15) is 11.1 Å². The first kappa shape index (κ1) is 19.6. The number of phenols is 3. The number of azo groups is 1. The number of benzene rings is 3. The minimum absolute atomic E-state index is 0.165. The van der Waals surface area contributed by atoms with Gasteiger partial charge in [-0.25, -0.2) is 0 Å². The van der Waals surface area contributed by atoms with E-state index in [1.165, 1.54) is 25.1 Å². The first-order valence-electron chi connectivity index (χ1n) is 8.46. The molecule has 0 amide bonds. The number of hydrogen-bond donors (Lipinski definition) is 3. The second-order valence-corrected chi connectivity index (χ2v) is 6.26. The Balaban J connectivity index is 2.18. The molecule has 29 heavy (non-hydrogen) atoms. The van der Waals surface area contributed by atoms with Crippen molar-refractivity contribution in [3.8, 4) is 28.7 Å². The summed E-state index contributed by atoms with van der Waals surface area (Å²) in [6.07, 6.45) is 0. The topological polar surface area (TPSA) is 138 Å². The zero-order valence-corrected chi connectivity index (χ0v) is 15.5. The van der Waals surface area contributed by atoms with Crippen LogP contribution in [0.25, 0.3) is 0 Å². The van der Waals surface area contributed by atoms with E-state index in [0.29, 0.717) is 5.56 Å². The Morgan fingerprint density at radius 2 is 1.45 bits per heavy atom. The van der Waals surface area contributed by atoms with Gasteiger partial charge in [-0.2, -0.15) is 0 Å². The summed E-state index contributed by atoms with van der Waals surface area (Å²) in [5.74, 6) is -1.10. The summed E-state index contributed by atoms with van der Waals surface area (Å²) in [6, 6.07) is 12.2. The Morgan fingerprint density at radius 3 is 2.03 bits per heavy atom. The monoisotopic (exact) mass is 395 g/mol. The molecule has 148 valence electrons. The van der Waals surface area contributed by atoms with Crippen molar-refractivity contribution < 1.29 is 25.0 Å². The van der Waals surface area contributed by atoms with Crippen molar-refractivity contribution in [1.82, 2.24) is 0 Å². The van der Waals surface area contributed by atoms with Gasteiger partial charge >= 0.3 is 5.69 Å². The molecule has 0 heterocycles. The number of ether oxygens (including phenoxy) is 1. The van der Waals surface area contributed by atoms with E-state index < -0.39 is 16.4 Å². The van der Waals surface area contributed by atoms with Gasteiger partial charge in [0.25, 0.3) is 0 Å². The molecule has 0 radical (unpaired) electrons. The van der Waals surface area contributed by atoms with Gasteiger partial charge in [0, 0.05) is 5.56 Å². The minimum Gasteiger partial charge on any atom is -0.505 e. The van der Waals surface area contributed by atoms with Crippen LogP contribution < -0.4 is 4.74 Å². The van der Waals surface area contributed by atoms with Gasteiger partial charge in [-0.05, 0) is 49.7 Å². The summed E-state index contributed by atoms with van der Waals surface area (Å²) < 4.78 is 5.65. The van der Waals surface area contributed by atoms with Gasteiger partial charge in [0.2, 0.25) is 5.75 Å². The molecule has 0 bridgehead atoms. The van der Waals surface area contributed by atoms with Gasteiger partial charge in [0.05, 0.1) is 4.92 Å². The first-order valence-corrected chi connectivity index (χ1v) is 8.46. The molecule has 0 unspecified atom stereocenters. The maximum Gasteiger partial charge on any atom is 0.317 e. The molecule has 0 aliphatic heterocycles. The molecule has 0 saturated carbocycles. The standard InChI is InChI=1S/C20H17N3O6/c1-11-8-14(24)17(15(25)9-11)21-22-18-16(26)10-12(2)19(23(27)28)20(18)29-13-6-4-3-5-7-13/h3-10,24-26H,1-2H3. The molecule has 3 rings (SSSR count). The lowest BCUT2D eigenvalue weighted by molar-refractivity contribution is -0.386. The van der Waals surface area contributed by atoms with Crippen LogP contribution in [0.2, 0.25) is 0 Å². The van der Waals surface area contributed by atoms with E-state index in [2.05, 4.69) is 10.2 Å². The fraction of sp³-hybridized carbons (Fsp3) is 0.100. The molecule has 3 aromatic rings. The number of nitrogens with zero attached hydrogens (tertiary/aromatic N) is 3. The molecule has 3 N–H and O–H groups in total. The van der Waals surface area contributed by atoms with E-state index in [9.17, 15) is 25.4 Å². The van der Waals surface area contributed by atoms with Crippen LogP contribution in [0.4, 0.5) is 17.1 Å². The van der Waals surface area contributed by atoms with E-state index in [-0.39, 0.29) is 39.9 Å². The SMILES string of the molecule is Cc1cc(O)c(N=Nc2c(O)cc(C)c([N+](=O)[O-])c2Oc2ccccc2)c(O)c1. The Bertz CT molecular complexity index is 1090. The van der Waals surface area contributed by atoms with Crippen LogP contribution in [-0.2, 0) is 0 Å². The van der Waals surface area contributed by atoms with Crippen LogP contribution in [0, 0.1) is 24.0 Å². The summed E-state index contributed by atoms with van der Waals surface area (Å²) in [5, 5.41) is 49.5. The molecule has 9 nitrogen and oxygen atoms in total. The Labute approximate surface area is 165 Å². The Hall–Kier alpha value is -4.14. The lowest BCUT2D eigenvalue weighted by Crippen LogP contribution is -1.97. The summed E-state index contributed by atoms with van der Waals surface area (Å²) in [7, 11) is 0. The number of para-hydroxylation sites is 1.